The maximum absolute atomic E-state index is 11.3. The number of pyridine rings is 1. The average molecular weight is 190 g/mol. The van der Waals surface area contributed by atoms with E-state index in [0.29, 0.717) is 6.42 Å². The molecule has 3 nitrogen and oxygen atoms in total. The molecule has 0 aromatic carbocycles. The molecule has 0 amide bonds. The molecule has 1 aliphatic rings. The number of hydrogen-bond donors (Lipinski definition) is 0. The van der Waals surface area contributed by atoms with Crippen LogP contribution in [0.15, 0.2) is 18.3 Å². The van der Waals surface area contributed by atoms with Crippen LogP contribution in [0.3, 0.4) is 0 Å². The molecule has 1 aromatic heterocycles. The highest BCUT2D eigenvalue weighted by Gasteiger charge is 2.15. The molecule has 0 N–H and O–H groups in total. The number of ketones is 1. The summed E-state index contributed by atoms with van der Waals surface area (Å²) in [7, 11) is 0. The van der Waals surface area contributed by atoms with E-state index in [1.165, 1.54) is 6.42 Å². The number of Topliss-reactive ketones (excluding diaryl/α,β-unsaturated/α-hetero) is 1. The molecule has 0 saturated carbocycles. The third-order valence-electron chi connectivity index (χ3n) is 2.57. The van der Waals surface area contributed by atoms with Crippen LogP contribution in [-0.4, -0.2) is 23.9 Å². The summed E-state index contributed by atoms with van der Waals surface area (Å²) in [6, 6.07) is 3.80. The highest BCUT2D eigenvalue weighted by atomic mass is 16.1. The average Bonchev–Trinajstić information content (AvgIpc) is 2.15. The normalized spacial score (nSPS) is 15.1. The molecule has 1 fully saturated rings. The second-order valence-corrected chi connectivity index (χ2v) is 3.52. The first kappa shape index (κ1) is 9.19. The minimum Gasteiger partial charge on any atom is -0.356 e. The van der Waals surface area contributed by atoms with Crippen LogP contribution in [-0.2, 0) is 0 Å². The van der Waals surface area contributed by atoms with Crippen LogP contribution < -0.4 is 4.90 Å². The Labute approximate surface area is 83.8 Å². The summed E-state index contributed by atoms with van der Waals surface area (Å²) in [5, 5.41) is 0. The Morgan fingerprint density at radius 2 is 2.29 bits per heavy atom. The van der Waals surface area contributed by atoms with Gasteiger partial charge in [0.1, 0.15) is 5.82 Å². The zero-order valence-corrected chi connectivity index (χ0v) is 8.36. The largest absolute Gasteiger partial charge is 0.356 e. The van der Waals surface area contributed by atoms with Crippen LogP contribution in [0.2, 0.25) is 0 Å². The zero-order chi connectivity index (χ0) is 9.97. The SMILES string of the molecule is CCC(=O)c1ccc(N2CCC2)nc1. The lowest BCUT2D eigenvalue weighted by atomic mass is 10.1. The lowest BCUT2D eigenvalue weighted by molar-refractivity contribution is 0.0988. The van der Waals surface area contributed by atoms with Crippen molar-refractivity contribution in [1.29, 1.82) is 0 Å². The van der Waals surface area contributed by atoms with Gasteiger partial charge in [-0.3, -0.25) is 4.79 Å². The predicted octanol–water partition coefficient (Wildman–Crippen LogP) is 1.88. The van der Waals surface area contributed by atoms with Crippen molar-refractivity contribution in [2.45, 2.75) is 19.8 Å². The van der Waals surface area contributed by atoms with Gasteiger partial charge < -0.3 is 4.90 Å². The van der Waals surface area contributed by atoms with Gasteiger partial charge in [0.25, 0.3) is 0 Å². The van der Waals surface area contributed by atoms with E-state index in [-0.39, 0.29) is 5.78 Å². The van der Waals surface area contributed by atoms with E-state index in [2.05, 4.69) is 9.88 Å². The van der Waals surface area contributed by atoms with Crippen LogP contribution in [0, 0.1) is 0 Å². The Bertz CT molecular complexity index is 328. The molecule has 0 spiro atoms. The van der Waals surface area contributed by atoms with Gasteiger partial charge in [-0.05, 0) is 18.6 Å². The third-order valence-corrected chi connectivity index (χ3v) is 2.57. The van der Waals surface area contributed by atoms with Gasteiger partial charge in [0.15, 0.2) is 5.78 Å². The molecule has 2 rings (SSSR count). The summed E-state index contributed by atoms with van der Waals surface area (Å²) in [4.78, 5) is 17.8. The number of nitrogens with zero attached hydrogens (tertiary/aromatic N) is 2. The second-order valence-electron chi connectivity index (χ2n) is 3.52. The number of hydrogen-bond acceptors (Lipinski definition) is 3. The lowest BCUT2D eigenvalue weighted by Crippen LogP contribution is -2.37. The standard InChI is InChI=1S/C11H14N2O/c1-2-10(14)9-4-5-11(12-8-9)13-6-3-7-13/h4-5,8H,2-3,6-7H2,1H3. The fraction of sp³-hybridized carbons (Fsp3) is 0.455. The minimum absolute atomic E-state index is 0.160. The highest BCUT2D eigenvalue weighted by Crippen LogP contribution is 2.17. The summed E-state index contributed by atoms with van der Waals surface area (Å²) in [5.41, 5.74) is 0.719. The predicted molar refractivity (Wildman–Crippen MR) is 55.7 cm³/mol. The summed E-state index contributed by atoms with van der Waals surface area (Å²) in [6.45, 7) is 4.05. The second kappa shape index (κ2) is 3.78. The molecule has 0 unspecified atom stereocenters. The fourth-order valence-electron chi connectivity index (χ4n) is 1.49. The van der Waals surface area contributed by atoms with E-state index in [1.807, 2.05) is 19.1 Å². The van der Waals surface area contributed by atoms with Crippen molar-refractivity contribution in [3.63, 3.8) is 0 Å². The maximum atomic E-state index is 11.3. The first-order valence-electron chi connectivity index (χ1n) is 5.05. The van der Waals surface area contributed by atoms with Crippen LogP contribution in [0.4, 0.5) is 5.82 Å². The van der Waals surface area contributed by atoms with Gasteiger partial charge in [0.05, 0.1) is 0 Å². The molecule has 0 radical (unpaired) electrons. The fourth-order valence-corrected chi connectivity index (χ4v) is 1.49. The first-order chi connectivity index (χ1) is 6.81. The Kier molecular flexibility index (Phi) is 2.48. The van der Waals surface area contributed by atoms with E-state index in [4.69, 9.17) is 0 Å². The monoisotopic (exact) mass is 190 g/mol. The summed E-state index contributed by atoms with van der Waals surface area (Å²) < 4.78 is 0. The molecular weight excluding hydrogens is 176 g/mol. The number of carbonyl (C=O) groups is 1. The lowest BCUT2D eigenvalue weighted by Gasteiger charge is -2.31. The van der Waals surface area contributed by atoms with Crippen molar-refractivity contribution < 1.29 is 4.79 Å². The number of rotatable bonds is 3. The molecule has 2 heterocycles. The number of carbonyl (C=O) groups excluding carboxylic acids is 1. The topological polar surface area (TPSA) is 33.2 Å². The molecule has 14 heavy (non-hydrogen) atoms. The third kappa shape index (κ3) is 1.62. The van der Waals surface area contributed by atoms with Gasteiger partial charge in [-0.2, -0.15) is 0 Å². The Morgan fingerprint density at radius 3 is 2.71 bits per heavy atom. The van der Waals surface area contributed by atoms with Gasteiger partial charge in [0.2, 0.25) is 0 Å². The van der Waals surface area contributed by atoms with Gasteiger partial charge in [0, 0.05) is 31.3 Å². The van der Waals surface area contributed by atoms with Crippen LogP contribution in [0.5, 0.6) is 0 Å². The molecule has 74 valence electrons. The first-order valence-corrected chi connectivity index (χ1v) is 5.05. The molecule has 1 aromatic rings. The van der Waals surface area contributed by atoms with Gasteiger partial charge >= 0.3 is 0 Å². The summed E-state index contributed by atoms with van der Waals surface area (Å²) in [6.07, 6.45) is 3.47. The van der Waals surface area contributed by atoms with Crippen LogP contribution >= 0.6 is 0 Å². The van der Waals surface area contributed by atoms with Crippen molar-refractivity contribution in [3.05, 3.63) is 23.9 Å². The number of anilines is 1. The number of aromatic nitrogens is 1. The Morgan fingerprint density at radius 1 is 1.50 bits per heavy atom. The highest BCUT2D eigenvalue weighted by molar-refractivity contribution is 5.95. The maximum Gasteiger partial charge on any atom is 0.164 e. The smallest absolute Gasteiger partial charge is 0.164 e. The van der Waals surface area contributed by atoms with Crippen LogP contribution in [0.1, 0.15) is 30.1 Å². The minimum atomic E-state index is 0.160. The van der Waals surface area contributed by atoms with Crippen molar-refractivity contribution in [1.82, 2.24) is 4.98 Å². The summed E-state index contributed by atoms with van der Waals surface area (Å²) >= 11 is 0. The van der Waals surface area contributed by atoms with Crippen LogP contribution in [0.25, 0.3) is 0 Å². The Balaban J connectivity index is 2.13. The van der Waals surface area contributed by atoms with E-state index in [1.54, 1.807) is 6.20 Å². The van der Waals surface area contributed by atoms with E-state index in [9.17, 15) is 4.79 Å². The molecule has 0 aliphatic carbocycles. The van der Waals surface area contributed by atoms with Gasteiger partial charge in [-0.15, -0.1) is 0 Å². The summed E-state index contributed by atoms with van der Waals surface area (Å²) in [5.74, 6) is 1.15. The zero-order valence-electron chi connectivity index (χ0n) is 8.36. The van der Waals surface area contributed by atoms with Crippen molar-refractivity contribution >= 4 is 11.6 Å². The Hall–Kier alpha value is -1.38. The van der Waals surface area contributed by atoms with Crippen molar-refractivity contribution in [3.8, 4) is 0 Å². The van der Waals surface area contributed by atoms with Gasteiger partial charge in [-0.25, -0.2) is 4.98 Å². The van der Waals surface area contributed by atoms with E-state index >= 15 is 0 Å². The molecule has 1 aliphatic heterocycles. The van der Waals surface area contributed by atoms with E-state index in [0.717, 1.165) is 24.5 Å². The molecule has 1 saturated heterocycles. The quantitative estimate of drug-likeness (QED) is 0.682. The molecule has 0 bridgehead atoms. The molecule has 3 heteroatoms. The van der Waals surface area contributed by atoms with Crippen molar-refractivity contribution in [2.24, 2.45) is 0 Å². The molecule has 0 atom stereocenters. The molecular formula is C11H14N2O. The van der Waals surface area contributed by atoms with Gasteiger partial charge in [-0.1, -0.05) is 6.92 Å². The van der Waals surface area contributed by atoms with E-state index < -0.39 is 0 Å². The van der Waals surface area contributed by atoms with Crippen molar-refractivity contribution in [2.75, 3.05) is 18.0 Å².